The van der Waals surface area contributed by atoms with Crippen molar-refractivity contribution in [2.45, 2.75) is 45.4 Å². The molecule has 1 aromatic heterocycles. The van der Waals surface area contributed by atoms with Gasteiger partial charge in [-0.15, -0.1) is 0 Å². The van der Waals surface area contributed by atoms with E-state index in [1.165, 1.54) is 44.1 Å². The number of anilines is 1. The predicted molar refractivity (Wildman–Crippen MR) is 95.6 cm³/mol. The van der Waals surface area contributed by atoms with Crippen molar-refractivity contribution in [3.8, 4) is 0 Å². The third-order valence-electron chi connectivity index (χ3n) is 5.32. The van der Waals surface area contributed by atoms with Crippen molar-refractivity contribution in [3.05, 3.63) is 54.5 Å². The molecule has 0 amide bonds. The minimum Gasteiger partial charge on any atom is -0.356 e. The lowest BCUT2D eigenvalue weighted by Crippen LogP contribution is -2.43. The lowest BCUT2D eigenvalue weighted by molar-refractivity contribution is 0.198. The number of aromatic nitrogens is 2. The summed E-state index contributed by atoms with van der Waals surface area (Å²) in [5.74, 6) is 1.08. The van der Waals surface area contributed by atoms with E-state index < -0.39 is 0 Å². The number of rotatable bonds is 6. The molecule has 3 heteroatoms. The van der Waals surface area contributed by atoms with E-state index in [0.717, 1.165) is 18.9 Å². The molecule has 0 saturated carbocycles. The molecular formula is C20H27N3. The van der Waals surface area contributed by atoms with Crippen LogP contribution < -0.4 is 4.90 Å². The zero-order valence-corrected chi connectivity index (χ0v) is 14.1. The molecule has 0 radical (unpaired) electrons. The summed E-state index contributed by atoms with van der Waals surface area (Å²) in [5, 5.41) is 0. The second kappa shape index (κ2) is 7.58. The molecule has 1 aliphatic heterocycles. The van der Waals surface area contributed by atoms with Gasteiger partial charge < -0.3 is 4.90 Å². The first kappa shape index (κ1) is 16.0. The maximum atomic E-state index is 4.44. The van der Waals surface area contributed by atoms with Gasteiger partial charge in [0.05, 0.1) is 0 Å². The largest absolute Gasteiger partial charge is 0.356 e. The third kappa shape index (κ3) is 4.10. The van der Waals surface area contributed by atoms with Crippen LogP contribution in [-0.2, 0) is 6.42 Å². The number of piperidine rings is 1. The number of hydrogen-bond donors (Lipinski definition) is 0. The van der Waals surface area contributed by atoms with Gasteiger partial charge in [0.25, 0.3) is 0 Å². The van der Waals surface area contributed by atoms with Gasteiger partial charge in [0.15, 0.2) is 0 Å². The fourth-order valence-electron chi connectivity index (χ4n) is 3.86. The Morgan fingerprint density at radius 3 is 2.78 bits per heavy atom. The van der Waals surface area contributed by atoms with Crippen LogP contribution in [0.25, 0.3) is 0 Å². The SMILES string of the molecule is CCC1(CCCc2ccccc2)CCCN(c2ccncn2)C1. The minimum absolute atomic E-state index is 0.442. The Hall–Kier alpha value is -1.90. The van der Waals surface area contributed by atoms with Gasteiger partial charge in [-0.2, -0.15) is 0 Å². The highest BCUT2D eigenvalue weighted by Gasteiger charge is 2.33. The van der Waals surface area contributed by atoms with Crippen LogP contribution in [-0.4, -0.2) is 23.1 Å². The van der Waals surface area contributed by atoms with Crippen molar-refractivity contribution in [1.29, 1.82) is 0 Å². The predicted octanol–water partition coefficient (Wildman–Crippen LogP) is 4.50. The van der Waals surface area contributed by atoms with Gasteiger partial charge in [0.2, 0.25) is 0 Å². The fourth-order valence-corrected chi connectivity index (χ4v) is 3.86. The first-order chi connectivity index (χ1) is 11.3. The highest BCUT2D eigenvalue weighted by atomic mass is 15.2. The standard InChI is InChI=1S/C20H27N3/c1-2-20(12-6-10-18-8-4-3-5-9-18)13-7-15-23(16-20)19-11-14-21-17-22-19/h3-5,8-9,11,14,17H,2,6-7,10,12-13,15-16H2,1H3. The molecule has 1 fully saturated rings. The monoisotopic (exact) mass is 309 g/mol. The quantitative estimate of drug-likeness (QED) is 0.787. The summed E-state index contributed by atoms with van der Waals surface area (Å²) in [4.78, 5) is 10.9. The molecular weight excluding hydrogens is 282 g/mol. The second-order valence-corrected chi connectivity index (χ2v) is 6.79. The van der Waals surface area contributed by atoms with Gasteiger partial charge in [-0.25, -0.2) is 9.97 Å². The van der Waals surface area contributed by atoms with Gasteiger partial charge in [-0.05, 0) is 55.6 Å². The van der Waals surface area contributed by atoms with Crippen molar-refractivity contribution in [3.63, 3.8) is 0 Å². The third-order valence-corrected chi connectivity index (χ3v) is 5.32. The van der Waals surface area contributed by atoms with Gasteiger partial charge in [-0.1, -0.05) is 37.3 Å². The van der Waals surface area contributed by atoms with Crippen LogP contribution >= 0.6 is 0 Å². The maximum absolute atomic E-state index is 4.44. The Labute approximate surface area is 139 Å². The molecule has 0 spiro atoms. The van der Waals surface area contributed by atoms with Crippen LogP contribution in [0.1, 0.15) is 44.6 Å². The molecule has 1 atom stereocenters. The van der Waals surface area contributed by atoms with Crippen molar-refractivity contribution in [1.82, 2.24) is 9.97 Å². The zero-order chi connectivity index (χ0) is 16.0. The fraction of sp³-hybridized carbons (Fsp3) is 0.500. The summed E-state index contributed by atoms with van der Waals surface area (Å²) in [5.41, 5.74) is 1.90. The van der Waals surface area contributed by atoms with Crippen LogP contribution in [0.3, 0.4) is 0 Å². The summed E-state index contributed by atoms with van der Waals surface area (Å²) in [6.07, 6.45) is 11.1. The van der Waals surface area contributed by atoms with Crippen LogP contribution in [0, 0.1) is 5.41 Å². The molecule has 1 saturated heterocycles. The van der Waals surface area contributed by atoms with Crippen molar-refractivity contribution in [2.75, 3.05) is 18.0 Å². The van der Waals surface area contributed by atoms with Gasteiger partial charge >= 0.3 is 0 Å². The lowest BCUT2D eigenvalue weighted by Gasteiger charge is -2.43. The van der Waals surface area contributed by atoms with E-state index in [1.54, 1.807) is 6.33 Å². The van der Waals surface area contributed by atoms with Gasteiger partial charge in [-0.3, -0.25) is 0 Å². The highest BCUT2D eigenvalue weighted by Crippen LogP contribution is 2.39. The molecule has 3 nitrogen and oxygen atoms in total. The zero-order valence-electron chi connectivity index (χ0n) is 14.1. The summed E-state index contributed by atoms with van der Waals surface area (Å²) >= 11 is 0. The lowest BCUT2D eigenvalue weighted by atomic mass is 9.73. The summed E-state index contributed by atoms with van der Waals surface area (Å²) in [6.45, 7) is 4.61. The van der Waals surface area contributed by atoms with Gasteiger partial charge in [0.1, 0.15) is 12.1 Å². The summed E-state index contributed by atoms with van der Waals surface area (Å²) in [7, 11) is 0. The average molecular weight is 309 g/mol. The van der Waals surface area contributed by atoms with E-state index in [0.29, 0.717) is 5.41 Å². The van der Waals surface area contributed by atoms with E-state index in [2.05, 4.69) is 52.1 Å². The van der Waals surface area contributed by atoms with Gasteiger partial charge in [0, 0.05) is 19.3 Å². The molecule has 0 N–H and O–H groups in total. The molecule has 1 aliphatic rings. The molecule has 23 heavy (non-hydrogen) atoms. The Kier molecular flexibility index (Phi) is 5.27. The molecule has 1 unspecified atom stereocenters. The van der Waals surface area contributed by atoms with Crippen molar-refractivity contribution < 1.29 is 0 Å². The highest BCUT2D eigenvalue weighted by molar-refractivity contribution is 5.37. The molecule has 1 aromatic carbocycles. The van der Waals surface area contributed by atoms with E-state index in [1.807, 2.05) is 12.3 Å². The van der Waals surface area contributed by atoms with E-state index in [9.17, 15) is 0 Å². The van der Waals surface area contributed by atoms with E-state index in [4.69, 9.17) is 0 Å². The van der Waals surface area contributed by atoms with Crippen LogP contribution in [0.5, 0.6) is 0 Å². The minimum atomic E-state index is 0.442. The number of nitrogens with zero attached hydrogens (tertiary/aromatic N) is 3. The Bertz CT molecular complexity index is 584. The van der Waals surface area contributed by atoms with Crippen LogP contribution in [0.4, 0.5) is 5.82 Å². The van der Waals surface area contributed by atoms with Crippen LogP contribution in [0.2, 0.25) is 0 Å². The topological polar surface area (TPSA) is 29.0 Å². The molecule has 3 rings (SSSR count). The molecule has 2 aromatic rings. The van der Waals surface area contributed by atoms with Crippen molar-refractivity contribution in [2.24, 2.45) is 5.41 Å². The smallest absolute Gasteiger partial charge is 0.131 e. The molecule has 0 bridgehead atoms. The Morgan fingerprint density at radius 1 is 1.17 bits per heavy atom. The number of hydrogen-bond acceptors (Lipinski definition) is 3. The second-order valence-electron chi connectivity index (χ2n) is 6.79. The molecule has 2 heterocycles. The molecule has 0 aliphatic carbocycles. The average Bonchev–Trinajstić information content (AvgIpc) is 2.63. The summed E-state index contributed by atoms with van der Waals surface area (Å²) < 4.78 is 0. The van der Waals surface area contributed by atoms with Crippen LogP contribution in [0.15, 0.2) is 48.9 Å². The number of aryl methyl sites for hydroxylation is 1. The number of benzene rings is 1. The molecule has 122 valence electrons. The van der Waals surface area contributed by atoms with Crippen molar-refractivity contribution >= 4 is 5.82 Å². The maximum Gasteiger partial charge on any atom is 0.131 e. The van der Waals surface area contributed by atoms with E-state index >= 15 is 0 Å². The summed E-state index contributed by atoms with van der Waals surface area (Å²) in [6, 6.07) is 12.9. The first-order valence-electron chi connectivity index (χ1n) is 8.86. The Morgan fingerprint density at radius 2 is 2.04 bits per heavy atom. The Balaban J connectivity index is 1.61. The first-order valence-corrected chi connectivity index (χ1v) is 8.86. The normalized spacial score (nSPS) is 21.3. The van der Waals surface area contributed by atoms with E-state index in [-0.39, 0.29) is 0 Å².